The SMILES string of the molecule is CC1CCCN(c2nc(NN)ccc2[N+](=O)[O-])CC1. The number of nitrogens with two attached hydrogens (primary N) is 1. The summed E-state index contributed by atoms with van der Waals surface area (Å²) in [6.07, 6.45) is 3.21. The summed E-state index contributed by atoms with van der Waals surface area (Å²) in [6.45, 7) is 3.80. The third kappa shape index (κ3) is 3.11. The van der Waals surface area contributed by atoms with Gasteiger partial charge in [-0.1, -0.05) is 6.92 Å². The number of aromatic nitrogens is 1. The Hall–Kier alpha value is -1.89. The first-order valence-electron chi connectivity index (χ1n) is 6.49. The van der Waals surface area contributed by atoms with Crippen molar-refractivity contribution < 1.29 is 4.92 Å². The van der Waals surface area contributed by atoms with Gasteiger partial charge in [-0.3, -0.25) is 10.1 Å². The van der Waals surface area contributed by atoms with E-state index in [0.29, 0.717) is 17.6 Å². The summed E-state index contributed by atoms with van der Waals surface area (Å²) in [6, 6.07) is 2.97. The average Bonchev–Trinajstić information content (AvgIpc) is 2.62. The van der Waals surface area contributed by atoms with E-state index in [0.717, 1.165) is 32.4 Å². The predicted molar refractivity (Wildman–Crippen MR) is 73.9 cm³/mol. The van der Waals surface area contributed by atoms with Crippen LogP contribution in [0.2, 0.25) is 0 Å². The minimum absolute atomic E-state index is 0.0357. The van der Waals surface area contributed by atoms with Gasteiger partial charge in [0.15, 0.2) is 0 Å². The van der Waals surface area contributed by atoms with E-state index in [1.54, 1.807) is 0 Å². The highest BCUT2D eigenvalue weighted by atomic mass is 16.6. The number of nitrogens with one attached hydrogen (secondary N) is 1. The van der Waals surface area contributed by atoms with Gasteiger partial charge in [0.25, 0.3) is 0 Å². The molecule has 1 aliphatic heterocycles. The minimum Gasteiger partial charge on any atom is -0.351 e. The fourth-order valence-electron chi connectivity index (χ4n) is 2.37. The molecule has 1 saturated heterocycles. The van der Waals surface area contributed by atoms with Gasteiger partial charge in [0.1, 0.15) is 5.82 Å². The van der Waals surface area contributed by atoms with Gasteiger partial charge in [-0.25, -0.2) is 10.8 Å². The van der Waals surface area contributed by atoms with Gasteiger partial charge in [0.2, 0.25) is 5.82 Å². The summed E-state index contributed by atoms with van der Waals surface area (Å²) in [5.41, 5.74) is 2.47. The molecule has 7 nitrogen and oxygen atoms in total. The van der Waals surface area contributed by atoms with Crippen LogP contribution >= 0.6 is 0 Å². The molecule has 1 unspecified atom stereocenters. The molecule has 0 saturated carbocycles. The standard InChI is InChI=1S/C12H19N5O2/c1-9-3-2-7-16(8-6-9)12-10(17(18)19)4-5-11(14-12)15-13/h4-5,9H,2-3,6-8,13H2,1H3,(H,14,15). The van der Waals surface area contributed by atoms with Crippen molar-refractivity contribution in [1.29, 1.82) is 0 Å². The smallest absolute Gasteiger partial charge is 0.311 e. The lowest BCUT2D eigenvalue weighted by Gasteiger charge is -2.21. The molecule has 3 N–H and O–H groups in total. The molecule has 7 heteroatoms. The van der Waals surface area contributed by atoms with Crippen molar-refractivity contribution in [3.05, 3.63) is 22.2 Å². The Balaban J connectivity index is 2.32. The fourth-order valence-corrected chi connectivity index (χ4v) is 2.37. The number of nitrogen functional groups attached to an aromatic ring is 1. The maximum Gasteiger partial charge on any atom is 0.311 e. The van der Waals surface area contributed by atoms with Crippen molar-refractivity contribution in [2.75, 3.05) is 23.4 Å². The molecule has 1 aromatic rings. The summed E-state index contributed by atoms with van der Waals surface area (Å²) in [4.78, 5) is 16.9. The Morgan fingerprint density at radius 2 is 2.26 bits per heavy atom. The number of hydrogen-bond donors (Lipinski definition) is 2. The molecule has 0 amide bonds. The number of anilines is 2. The highest BCUT2D eigenvalue weighted by molar-refractivity contribution is 5.61. The highest BCUT2D eigenvalue weighted by Gasteiger charge is 2.23. The zero-order chi connectivity index (χ0) is 13.8. The summed E-state index contributed by atoms with van der Waals surface area (Å²) in [7, 11) is 0. The Kier molecular flexibility index (Phi) is 4.16. The minimum atomic E-state index is -0.392. The molecule has 2 rings (SSSR count). The van der Waals surface area contributed by atoms with E-state index in [2.05, 4.69) is 17.3 Å². The van der Waals surface area contributed by atoms with Crippen LogP contribution in [0.3, 0.4) is 0 Å². The number of nitro groups is 1. The van der Waals surface area contributed by atoms with Gasteiger partial charge in [0, 0.05) is 19.2 Å². The van der Waals surface area contributed by atoms with Crippen molar-refractivity contribution in [3.8, 4) is 0 Å². The molecule has 0 bridgehead atoms. The van der Waals surface area contributed by atoms with Gasteiger partial charge in [-0.05, 0) is 31.2 Å². The molecular weight excluding hydrogens is 246 g/mol. The molecule has 19 heavy (non-hydrogen) atoms. The first-order chi connectivity index (χ1) is 9.11. The Morgan fingerprint density at radius 3 is 2.95 bits per heavy atom. The van der Waals surface area contributed by atoms with E-state index in [-0.39, 0.29) is 5.69 Å². The fraction of sp³-hybridized carbons (Fsp3) is 0.583. The van der Waals surface area contributed by atoms with E-state index in [4.69, 9.17) is 5.84 Å². The van der Waals surface area contributed by atoms with Gasteiger partial charge < -0.3 is 10.3 Å². The van der Waals surface area contributed by atoms with Crippen LogP contribution in [0, 0.1) is 16.0 Å². The summed E-state index contributed by atoms with van der Waals surface area (Å²) >= 11 is 0. The lowest BCUT2D eigenvalue weighted by molar-refractivity contribution is -0.384. The van der Waals surface area contributed by atoms with Gasteiger partial charge in [-0.15, -0.1) is 0 Å². The number of nitrogens with zero attached hydrogens (tertiary/aromatic N) is 3. The maximum absolute atomic E-state index is 11.1. The second-order valence-corrected chi connectivity index (χ2v) is 4.96. The molecule has 0 spiro atoms. The van der Waals surface area contributed by atoms with E-state index in [1.165, 1.54) is 12.1 Å². The largest absolute Gasteiger partial charge is 0.351 e. The maximum atomic E-state index is 11.1. The highest BCUT2D eigenvalue weighted by Crippen LogP contribution is 2.30. The number of hydrogen-bond acceptors (Lipinski definition) is 6. The summed E-state index contributed by atoms with van der Waals surface area (Å²) in [5, 5.41) is 11.1. The quantitative estimate of drug-likeness (QED) is 0.492. The van der Waals surface area contributed by atoms with E-state index >= 15 is 0 Å². The predicted octanol–water partition coefficient (Wildman–Crippen LogP) is 1.90. The second-order valence-electron chi connectivity index (χ2n) is 4.96. The van der Waals surface area contributed by atoms with Crippen LogP contribution in [0.25, 0.3) is 0 Å². The Labute approximate surface area is 111 Å². The van der Waals surface area contributed by atoms with Crippen molar-refractivity contribution in [3.63, 3.8) is 0 Å². The molecule has 104 valence electrons. The monoisotopic (exact) mass is 265 g/mol. The first kappa shape index (κ1) is 13.5. The molecule has 0 aromatic carbocycles. The second kappa shape index (κ2) is 5.83. The molecular formula is C12H19N5O2. The van der Waals surface area contributed by atoms with Crippen LogP contribution in [0.15, 0.2) is 12.1 Å². The average molecular weight is 265 g/mol. The van der Waals surface area contributed by atoms with E-state index in [9.17, 15) is 10.1 Å². The number of hydrazine groups is 1. The van der Waals surface area contributed by atoms with Gasteiger partial charge >= 0.3 is 5.69 Å². The molecule has 1 atom stereocenters. The van der Waals surface area contributed by atoms with Crippen molar-refractivity contribution in [2.45, 2.75) is 26.2 Å². The zero-order valence-corrected chi connectivity index (χ0v) is 11.0. The molecule has 0 aliphatic carbocycles. The van der Waals surface area contributed by atoms with Crippen LogP contribution in [-0.4, -0.2) is 23.0 Å². The van der Waals surface area contributed by atoms with Crippen molar-refractivity contribution in [2.24, 2.45) is 11.8 Å². The van der Waals surface area contributed by atoms with Crippen LogP contribution in [0.5, 0.6) is 0 Å². The van der Waals surface area contributed by atoms with Gasteiger partial charge in [-0.2, -0.15) is 0 Å². The van der Waals surface area contributed by atoms with Crippen molar-refractivity contribution >= 4 is 17.3 Å². The molecule has 1 aliphatic rings. The van der Waals surface area contributed by atoms with Gasteiger partial charge in [0.05, 0.1) is 4.92 Å². The molecule has 2 heterocycles. The molecule has 1 fully saturated rings. The Bertz CT molecular complexity index is 465. The lowest BCUT2D eigenvalue weighted by Crippen LogP contribution is -2.26. The van der Waals surface area contributed by atoms with Crippen LogP contribution in [0.4, 0.5) is 17.3 Å². The first-order valence-corrected chi connectivity index (χ1v) is 6.49. The van der Waals surface area contributed by atoms with E-state index < -0.39 is 4.92 Å². The molecule has 0 radical (unpaired) electrons. The zero-order valence-electron chi connectivity index (χ0n) is 11.0. The normalized spacial score (nSPS) is 19.9. The van der Waals surface area contributed by atoms with Crippen LogP contribution < -0.4 is 16.2 Å². The van der Waals surface area contributed by atoms with Crippen LogP contribution in [0.1, 0.15) is 26.2 Å². The molecule has 1 aromatic heterocycles. The third-order valence-corrected chi connectivity index (χ3v) is 3.52. The number of pyridine rings is 1. The van der Waals surface area contributed by atoms with E-state index in [1.807, 2.05) is 4.90 Å². The summed E-state index contributed by atoms with van der Waals surface area (Å²) in [5.74, 6) is 6.83. The Morgan fingerprint density at radius 1 is 1.47 bits per heavy atom. The lowest BCUT2D eigenvalue weighted by atomic mass is 10.0. The topological polar surface area (TPSA) is 97.3 Å². The third-order valence-electron chi connectivity index (χ3n) is 3.52. The van der Waals surface area contributed by atoms with Crippen LogP contribution in [-0.2, 0) is 0 Å². The van der Waals surface area contributed by atoms with Crippen molar-refractivity contribution in [1.82, 2.24) is 4.98 Å². The number of rotatable bonds is 3. The summed E-state index contributed by atoms with van der Waals surface area (Å²) < 4.78 is 0.